The van der Waals surface area contributed by atoms with Gasteiger partial charge < -0.3 is 4.90 Å². The molecule has 2 aromatic carbocycles. The molecule has 0 bridgehead atoms. The number of rotatable bonds is 4. The van der Waals surface area contributed by atoms with E-state index >= 15 is 0 Å². The van der Waals surface area contributed by atoms with Gasteiger partial charge in [-0.15, -0.1) is 0 Å². The molecule has 0 radical (unpaired) electrons. The van der Waals surface area contributed by atoms with Gasteiger partial charge in [-0.25, -0.2) is 0 Å². The lowest BCUT2D eigenvalue weighted by molar-refractivity contribution is -0.384. The molecule has 0 unspecified atom stereocenters. The molecule has 0 aliphatic carbocycles. The lowest BCUT2D eigenvalue weighted by Gasteiger charge is -2.36. The quantitative estimate of drug-likeness (QED) is 0.586. The van der Waals surface area contributed by atoms with Crippen LogP contribution in [0.15, 0.2) is 42.5 Å². The molecule has 1 saturated heterocycles. The highest BCUT2D eigenvalue weighted by atomic mass is 19.4. The van der Waals surface area contributed by atoms with E-state index in [1.54, 1.807) is 6.07 Å². The third kappa shape index (κ3) is 4.40. The first-order valence-electron chi connectivity index (χ1n) is 8.60. The Balaban J connectivity index is 1.69. The Morgan fingerprint density at radius 1 is 1.11 bits per heavy atom. The van der Waals surface area contributed by atoms with Crippen molar-refractivity contribution in [3.63, 3.8) is 0 Å². The smallest absolute Gasteiger partial charge is 0.363 e. The van der Waals surface area contributed by atoms with E-state index in [-0.39, 0.29) is 5.69 Å². The van der Waals surface area contributed by atoms with Crippen molar-refractivity contribution < 1.29 is 18.1 Å². The fourth-order valence-corrected chi connectivity index (χ4v) is 3.25. The van der Waals surface area contributed by atoms with Gasteiger partial charge in [0.1, 0.15) is 5.69 Å². The molecule has 0 N–H and O–H groups in total. The van der Waals surface area contributed by atoms with Gasteiger partial charge in [-0.2, -0.15) is 18.4 Å². The minimum atomic E-state index is -4.38. The minimum absolute atomic E-state index is 0.0645. The first kappa shape index (κ1) is 19.6. The molecule has 3 rings (SSSR count). The summed E-state index contributed by atoms with van der Waals surface area (Å²) in [7, 11) is 0. The zero-order valence-corrected chi connectivity index (χ0v) is 14.8. The second-order valence-electron chi connectivity index (χ2n) is 6.53. The number of nitro groups is 1. The van der Waals surface area contributed by atoms with E-state index in [9.17, 15) is 23.3 Å². The molecule has 1 heterocycles. The van der Waals surface area contributed by atoms with Crippen molar-refractivity contribution in [2.45, 2.75) is 12.7 Å². The summed E-state index contributed by atoms with van der Waals surface area (Å²) >= 11 is 0. The number of hydrogen-bond acceptors (Lipinski definition) is 5. The zero-order valence-electron chi connectivity index (χ0n) is 14.8. The average molecular weight is 390 g/mol. The molecule has 1 aliphatic heterocycles. The van der Waals surface area contributed by atoms with Crippen LogP contribution in [0.3, 0.4) is 0 Å². The summed E-state index contributed by atoms with van der Waals surface area (Å²) in [6.45, 7) is 2.43. The molecule has 6 nitrogen and oxygen atoms in total. The van der Waals surface area contributed by atoms with Crippen molar-refractivity contribution in [2.24, 2.45) is 0 Å². The Kier molecular flexibility index (Phi) is 5.51. The van der Waals surface area contributed by atoms with Gasteiger partial charge in [-0.1, -0.05) is 18.2 Å². The van der Waals surface area contributed by atoms with Gasteiger partial charge in [-0.05, 0) is 23.8 Å². The van der Waals surface area contributed by atoms with Crippen LogP contribution in [0.1, 0.15) is 16.7 Å². The van der Waals surface area contributed by atoms with Crippen molar-refractivity contribution in [3.8, 4) is 6.07 Å². The van der Waals surface area contributed by atoms with Gasteiger partial charge in [-0.3, -0.25) is 15.0 Å². The normalized spacial score (nSPS) is 15.3. The van der Waals surface area contributed by atoms with E-state index < -0.39 is 16.7 Å². The molecular formula is C19H17F3N4O2. The summed E-state index contributed by atoms with van der Waals surface area (Å²) in [6.07, 6.45) is -4.38. The second kappa shape index (κ2) is 7.86. The van der Waals surface area contributed by atoms with Crippen LogP contribution in [0.4, 0.5) is 24.5 Å². The second-order valence-corrected chi connectivity index (χ2v) is 6.53. The highest BCUT2D eigenvalue weighted by Crippen LogP contribution is 2.31. The van der Waals surface area contributed by atoms with Crippen molar-refractivity contribution in [3.05, 3.63) is 69.3 Å². The third-order valence-electron chi connectivity index (χ3n) is 4.67. The van der Waals surface area contributed by atoms with E-state index in [1.807, 2.05) is 15.9 Å². The molecule has 1 aliphatic rings. The fraction of sp³-hybridized carbons (Fsp3) is 0.316. The predicted octanol–water partition coefficient (Wildman–Crippen LogP) is 3.81. The zero-order chi connectivity index (χ0) is 20.3. The van der Waals surface area contributed by atoms with E-state index in [1.165, 1.54) is 24.3 Å². The van der Waals surface area contributed by atoms with Crippen molar-refractivity contribution in [2.75, 3.05) is 31.1 Å². The highest BCUT2D eigenvalue weighted by molar-refractivity contribution is 5.66. The number of alkyl halides is 3. The van der Waals surface area contributed by atoms with Crippen molar-refractivity contribution in [1.82, 2.24) is 4.90 Å². The van der Waals surface area contributed by atoms with Crippen LogP contribution < -0.4 is 4.90 Å². The monoisotopic (exact) mass is 390 g/mol. The molecule has 0 atom stereocenters. The van der Waals surface area contributed by atoms with E-state index in [4.69, 9.17) is 5.26 Å². The summed E-state index contributed by atoms with van der Waals surface area (Å²) < 4.78 is 38.6. The molecule has 146 valence electrons. The van der Waals surface area contributed by atoms with Gasteiger partial charge in [0.2, 0.25) is 0 Å². The lowest BCUT2D eigenvalue weighted by Crippen LogP contribution is -2.46. The summed E-state index contributed by atoms with van der Waals surface area (Å²) in [4.78, 5) is 14.6. The van der Waals surface area contributed by atoms with Gasteiger partial charge >= 0.3 is 6.18 Å². The topological polar surface area (TPSA) is 73.4 Å². The molecule has 1 fully saturated rings. The van der Waals surface area contributed by atoms with Crippen LogP contribution in [0.25, 0.3) is 0 Å². The van der Waals surface area contributed by atoms with Gasteiger partial charge in [0.25, 0.3) is 5.69 Å². The number of nitro benzene ring substituents is 1. The van der Waals surface area contributed by atoms with Gasteiger partial charge in [0, 0.05) is 38.8 Å². The van der Waals surface area contributed by atoms with Crippen molar-refractivity contribution >= 4 is 11.4 Å². The molecule has 2 aromatic rings. The largest absolute Gasteiger partial charge is 0.416 e. The van der Waals surface area contributed by atoms with Crippen LogP contribution in [0.2, 0.25) is 0 Å². The number of benzene rings is 2. The Labute approximate surface area is 159 Å². The molecule has 28 heavy (non-hydrogen) atoms. The van der Waals surface area contributed by atoms with Crippen LogP contribution in [-0.2, 0) is 12.7 Å². The standard InChI is InChI=1S/C19H17F3N4O2/c20-19(21,22)16-3-1-2-15(10-16)13-24-6-8-25(9-7-24)18-11-14(12-23)4-5-17(18)26(27)28/h1-5,10-11H,6-9,13H2. The Morgan fingerprint density at radius 2 is 1.82 bits per heavy atom. The average Bonchev–Trinajstić information content (AvgIpc) is 2.67. The van der Waals surface area contributed by atoms with E-state index in [0.29, 0.717) is 49.5 Å². The maximum absolute atomic E-state index is 12.9. The lowest BCUT2D eigenvalue weighted by atomic mass is 10.1. The molecule has 0 spiro atoms. The van der Waals surface area contributed by atoms with Gasteiger partial charge in [0.05, 0.1) is 22.1 Å². The number of nitriles is 1. The number of piperazine rings is 1. The van der Waals surface area contributed by atoms with Crippen LogP contribution in [0, 0.1) is 21.4 Å². The Hall–Kier alpha value is -3.12. The number of anilines is 1. The maximum atomic E-state index is 12.9. The molecule has 0 saturated carbocycles. The van der Waals surface area contributed by atoms with E-state index in [0.717, 1.165) is 12.1 Å². The molecule has 9 heteroatoms. The SMILES string of the molecule is N#Cc1ccc([N+](=O)[O-])c(N2CCN(Cc3cccc(C(F)(F)F)c3)CC2)c1. The van der Waals surface area contributed by atoms with Crippen LogP contribution >= 0.6 is 0 Å². The van der Waals surface area contributed by atoms with E-state index in [2.05, 4.69) is 0 Å². The third-order valence-corrected chi connectivity index (χ3v) is 4.67. The van der Waals surface area contributed by atoms with Crippen molar-refractivity contribution in [1.29, 1.82) is 5.26 Å². The predicted molar refractivity (Wildman–Crippen MR) is 96.7 cm³/mol. The maximum Gasteiger partial charge on any atom is 0.416 e. The molecule has 0 aromatic heterocycles. The highest BCUT2D eigenvalue weighted by Gasteiger charge is 2.30. The minimum Gasteiger partial charge on any atom is -0.363 e. The fourth-order valence-electron chi connectivity index (χ4n) is 3.25. The summed E-state index contributed by atoms with van der Waals surface area (Å²) in [5.41, 5.74) is 0.563. The van der Waals surface area contributed by atoms with Gasteiger partial charge in [0.15, 0.2) is 0 Å². The Bertz CT molecular complexity index is 916. The first-order chi connectivity index (χ1) is 13.3. The molecular weight excluding hydrogens is 373 g/mol. The first-order valence-corrected chi connectivity index (χ1v) is 8.60. The summed E-state index contributed by atoms with van der Waals surface area (Å²) in [5, 5.41) is 20.3. The summed E-state index contributed by atoms with van der Waals surface area (Å²) in [5.74, 6) is 0. The number of hydrogen-bond donors (Lipinski definition) is 0. The Morgan fingerprint density at radius 3 is 2.43 bits per heavy atom. The number of halogens is 3. The summed E-state index contributed by atoms with van der Waals surface area (Å²) in [6, 6.07) is 11.5. The number of nitrogens with zero attached hydrogens (tertiary/aromatic N) is 4. The molecule has 0 amide bonds. The van der Waals surface area contributed by atoms with Crippen LogP contribution in [-0.4, -0.2) is 36.0 Å². The van der Waals surface area contributed by atoms with Crippen LogP contribution in [0.5, 0.6) is 0 Å².